The van der Waals surface area contributed by atoms with Gasteiger partial charge in [0.1, 0.15) is 5.82 Å². The average Bonchev–Trinajstić information content (AvgIpc) is 2.51. The van der Waals surface area contributed by atoms with Gasteiger partial charge in [0.05, 0.1) is 12.0 Å². The Kier molecular flexibility index (Phi) is 5.56. The van der Waals surface area contributed by atoms with Gasteiger partial charge in [-0.15, -0.1) is 0 Å². The lowest BCUT2D eigenvalue weighted by molar-refractivity contribution is 0.552. The van der Waals surface area contributed by atoms with Crippen molar-refractivity contribution in [3.05, 3.63) is 63.9 Å². The number of benzene rings is 2. The van der Waals surface area contributed by atoms with Crippen molar-refractivity contribution in [3.8, 4) is 0 Å². The first-order valence-corrected chi connectivity index (χ1v) is 7.66. The predicted molar refractivity (Wildman–Crippen MR) is 91.9 cm³/mol. The molecule has 116 valence electrons. The van der Waals surface area contributed by atoms with E-state index in [2.05, 4.69) is 4.99 Å². The van der Waals surface area contributed by atoms with Crippen molar-refractivity contribution in [2.24, 2.45) is 4.99 Å². The van der Waals surface area contributed by atoms with E-state index in [0.717, 1.165) is 17.7 Å². The van der Waals surface area contributed by atoms with Gasteiger partial charge in [0.25, 0.3) is 0 Å². The third-order valence-corrected chi connectivity index (χ3v) is 3.97. The minimum absolute atomic E-state index is 0.253. The second-order valence-electron chi connectivity index (χ2n) is 5.32. The maximum absolute atomic E-state index is 14.3. The number of nitrogens with zero attached hydrogens (tertiary/aromatic N) is 2. The van der Waals surface area contributed by atoms with E-state index in [0.29, 0.717) is 22.7 Å². The molecule has 0 radical (unpaired) electrons. The second-order valence-corrected chi connectivity index (χ2v) is 5.72. The predicted octanol–water partition coefficient (Wildman–Crippen LogP) is 4.99. The summed E-state index contributed by atoms with van der Waals surface area (Å²) >= 11 is 6.15. The Morgan fingerprint density at radius 3 is 2.64 bits per heavy atom. The average molecular weight is 319 g/mol. The second kappa shape index (κ2) is 7.41. The molecule has 0 saturated carbocycles. The molecule has 0 N–H and O–H groups in total. The van der Waals surface area contributed by atoms with E-state index in [-0.39, 0.29) is 5.82 Å². The third-order valence-electron chi connectivity index (χ3n) is 3.60. The van der Waals surface area contributed by atoms with Crippen LogP contribution in [0.25, 0.3) is 0 Å². The lowest BCUT2D eigenvalue weighted by Crippen LogP contribution is -2.14. The molecule has 0 fully saturated rings. The molecule has 2 nitrogen and oxygen atoms in total. The molecule has 2 rings (SSSR count). The Hall–Kier alpha value is -1.87. The van der Waals surface area contributed by atoms with Crippen LogP contribution in [0.15, 0.2) is 41.4 Å². The van der Waals surface area contributed by atoms with Gasteiger partial charge in [-0.1, -0.05) is 35.9 Å². The highest BCUT2D eigenvalue weighted by Gasteiger charge is 2.09. The normalized spacial score (nSPS) is 11.1. The molecule has 4 heteroatoms. The largest absolute Gasteiger partial charge is 0.366 e. The van der Waals surface area contributed by atoms with Gasteiger partial charge >= 0.3 is 0 Å². The Morgan fingerprint density at radius 1 is 1.23 bits per heavy atom. The standard InChI is InChI=1S/C18H20ClFN2/c1-4-22(3)12-21-18-11-17(20)15(9-13(18)2)10-14-7-5-6-8-16(14)19/h5-9,11-12H,4,10H2,1-3H3. The van der Waals surface area contributed by atoms with Crippen LogP contribution >= 0.6 is 11.6 Å². The number of hydrogen-bond acceptors (Lipinski definition) is 1. The van der Waals surface area contributed by atoms with Gasteiger partial charge in [-0.05, 0) is 36.6 Å². The number of aliphatic imine (C=N–C) groups is 1. The molecule has 0 bridgehead atoms. The van der Waals surface area contributed by atoms with Gasteiger partial charge in [-0.2, -0.15) is 0 Å². The van der Waals surface area contributed by atoms with Gasteiger partial charge in [0.15, 0.2) is 0 Å². The summed E-state index contributed by atoms with van der Waals surface area (Å²) in [5, 5.41) is 0.659. The van der Waals surface area contributed by atoms with Crippen molar-refractivity contribution in [1.29, 1.82) is 0 Å². The zero-order chi connectivity index (χ0) is 16.1. The van der Waals surface area contributed by atoms with Crippen LogP contribution < -0.4 is 0 Å². The van der Waals surface area contributed by atoms with Crippen molar-refractivity contribution in [2.45, 2.75) is 20.3 Å². The monoisotopic (exact) mass is 318 g/mol. The molecule has 0 unspecified atom stereocenters. The van der Waals surface area contributed by atoms with E-state index in [1.165, 1.54) is 6.07 Å². The molecular weight excluding hydrogens is 299 g/mol. The zero-order valence-electron chi connectivity index (χ0n) is 13.1. The van der Waals surface area contributed by atoms with Crippen LogP contribution in [0.2, 0.25) is 5.02 Å². The van der Waals surface area contributed by atoms with Gasteiger partial charge in [0.2, 0.25) is 0 Å². The van der Waals surface area contributed by atoms with Crippen molar-refractivity contribution in [2.75, 3.05) is 13.6 Å². The summed E-state index contributed by atoms with van der Waals surface area (Å²) < 4.78 is 14.3. The molecule has 0 atom stereocenters. The van der Waals surface area contributed by atoms with Crippen molar-refractivity contribution < 1.29 is 4.39 Å². The minimum Gasteiger partial charge on any atom is -0.366 e. The Labute approximate surface area is 136 Å². The Morgan fingerprint density at radius 2 is 1.95 bits per heavy atom. The van der Waals surface area contributed by atoms with Crippen molar-refractivity contribution in [3.63, 3.8) is 0 Å². The lowest BCUT2D eigenvalue weighted by Gasteiger charge is -2.11. The summed E-state index contributed by atoms with van der Waals surface area (Å²) in [5.41, 5.74) is 3.16. The number of aryl methyl sites for hydroxylation is 1. The first kappa shape index (κ1) is 16.5. The van der Waals surface area contributed by atoms with Crippen molar-refractivity contribution in [1.82, 2.24) is 4.90 Å². The molecule has 22 heavy (non-hydrogen) atoms. The number of hydrogen-bond donors (Lipinski definition) is 0. The first-order valence-electron chi connectivity index (χ1n) is 7.28. The van der Waals surface area contributed by atoms with Crippen molar-refractivity contribution >= 4 is 23.6 Å². The molecule has 2 aromatic rings. The smallest absolute Gasteiger partial charge is 0.128 e. The lowest BCUT2D eigenvalue weighted by atomic mass is 10.0. The molecule has 0 aliphatic heterocycles. The van der Waals surface area contributed by atoms with E-state index in [1.807, 2.05) is 56.1 Å². The van der Waals surface area contributed by atoms with Gasteiger partial charge in [-0.25, -0.2) is 9.38 Å². The fourth-order valence-electron chi connectivity index (χ4n) is 2.09. The van der Waals surface area contributed by atoms with Crippen LogP contribution in [0, 0.1) is 12.7 Å². The van der Waals surface area contributed by atoms with Crippen LogP contribution in [-0.2, 0) is 6.42 Å². The van der Waals surface area contributed by atoms with Gasteiger partial charge < -0.3 is 4.90 Å². The van der Waals surface area contributed by atoms with E-state index >= 15 is 0 Å². The summed E-state index contributed by atoms with van der Waals surface area (Å²) in [4.78, 5) is 6.28. The Bertz CT molecular complexity index is 683. The molecule has 0 aromatic heterocycles. The molecule has 0 spiro atoms. The van der Waals surface area contributed by atoms with Crippen LogP contribution in [0.1, 0.15) is 23.6 Å². The van der Waals surface area contributed by atoms with Gasteiger partial charge in [0, 0.05) is 31.1 Å². The number of halogens is 2. The number of rotatable bonds is 5. The molecule has 0 aliphatic rings. The summed E-state index contributed by atoms with van der Waals surface area (Å²) in [7, 11) is 1.93. The van der Waals surface area contributed by atoms with E-state index < -0.39 is 0 Å². The fraction of sp³-hybridized carbons (Fsp3) is 0.278. The summed E-state index contributed by atoms with van der Waals surface area (Å²) in [6.45, 7) is 4.83. The minimum atomic E-state index is -0.253. The van der Waals surface area contributed by atoms with Crippen LogP contribution in [0.5, 0.6) is 0 Å². The maximum atomic E-state index is 14.3. The van der Waals surface area contributed by atoms with Crippen LogP contribution in [0.4, 0.5) is 10.1 Å². The first-order chi connectivity index (χ1) is 10.5. The highest BCUT2D eigenvalue weighted by molar-refractivity contribution is 6.31. The molecular formula is C18H20ClFN2. The molecule has 2 aromatic carbocycles. The summed E-state index contributed by atoms with van der Waals surface area (Å²) in [6, 6.07) is 10.8. The molecule has 0 saturated heterocycles. The highest BCUT2D eigenvalue weighted by Crippen LogP contribution is 2.26. The highest BCUT2D eigenvalue weighted by atomic mass is 35.5. The van der Waals surface area contributed by atoms with E-state index in [9.17, 15) is 4.39 Å². The maximum Gasteiger partial charge on any atom is 0.128 e. The molecule has 0 aliphatic carbocycles. The van der Waals surface area contributed by atoms with E-state index in [4.69, 9.17) is 11.6 Å². The SMILES string of the molecule is CCN(C)C=Nc1cc(F)c(Cc2ccccc2Cl)cc1C. The van der Waals surface area contributed by atoms with Crippen LogP contribution in [-0.4, -0.2) is 24.8 Å². The topological polar surface area (TPSA) is 15.6 Å². The zero-order valence-corrected chi connectivity index (χ0v) is 13.9. The quantitative estimate of drug-likeness (QED) is 0.560. The molecule has 0 heterocycles. The Balaban J connectivity index is 2.27. The van der Waals surface area contributed by atoms with E-state index in [1.54, 1.807) is 6.34 Å². The summed E-state index contributed by atoms with van der Waals surface area (Å²) in [6.07, 6.45) is 2.20. The third kappa shape index (κ3) is 4.08. The van der Waals surface area contributed by atoms with Gasteiger partial charge in [-0.3, -0.25) is 0 Å². The van der Waals surface area contributed by atoms with Crippen LogP contribution in [0.3, 0.4) is 0 Å². The summed E-state index contributed by atoms with van der Waals surface area (Å²) in [5.74, 6) is -0.253. The molecule has 0 amide bonds. The fourth-order valence-corrected chi connectivity index (χ4v) is 2.30.